The third-order valence-corrected chi connectivity index (χ3v) is 5.31. The molecule has 27 heavy (non-hydrogen) atoms. The highest BCUT2D eigenvalue weighted by molar-refractivity contribution is 8.18. The van der Waals surface area contributed by atoms with Crippen LogP contribution in [0.15, 0.2) is 58.4 Å². The predicted molar refractivity (Wildman–Crippen MR) is 113 cm³/mol. The van der Waals surface area contributed by atoms with Gasteiger partial charge in [0.25, 0.3) is 5.91 Å². The normalized spacial score (nSPS) is 17.1. The van der Waals surface area contributed by atoms with Gasteiger partial charge in [0.2, 0.25) is 0 Å². The van der Waals surface area contributed by atoms with Crippen LogP contribution in [0.1, 0.15) is 25.0 Å². The Morgan fingerprint density at radius 2 is 1.89 bits per heavy atom. The van der Waals surface area contributed by atoms with Crippen LogP contribution in [0, 0.1) is 0 Å². The van der Waals surface area contributed by atoms with Crippen molar-refractivity contribution in [2.24, 2.45) is 4.99 Å². The van der Waals surface area contributed by atoms with Crippen molar-refractivity contribution in [1.29, 1.82) is 0 Å². The van der Waals surface area contributed by atoms with E-state index in [0.717, 1.165) is 22.0 Å². The molecule has 0 N–H and O–H groups in total. The number of nitrogens with zero attached hydrogens (tertiary/aromatic N) is 2. The third kappa shape index (κ3) is 4.73. The van der Waals surface area contributed by atoms with Crippen molar-refractivity contribution in [3.63, 3.8) is 0 Å². The van der Waals surface area contributed by atoms with Crippen molar-refractivity contribution in [3.05, 3.63) is 69.6 Å². The molecule has 140 valence electrons. The summed E-state index contributed by atoms with van der Waals surface area (Å²) in [5.41, 5.74) is 1.90. The van der Waals surface area contributed by atoms with Crippen LogP contribution in [0.3, 0.4) is 0 Å². The second-order valence-electron chi connectivity index (χ2n) is 5.87. The Hall–Kier alpha value is -2.24. The summed E-state index contributed by atoms with van der Waals surface area (Å²) in [5.74, 6) is 0.722. The number of hydrogen-bond acceptors (Lipinski definition) is 4. The number of thioether (sulfide) groups is 1. The monoisotopic (exact) mass is 400 g/mol. The van der Waals surface area contributed by atoms with Crippen LogP contribution in [0.2, 0.25) is 5.02 Å². The smallest absolute Gasteiger partial charge is 0.266 e. The number of amides is 1. The molecule has 2 aromatic rings. The Kier molecular flexibility index (Phi) is 6.58. The number of rotatable bonds is 6. The first-order valence-electron chi connectivity index (χ1n) is 8.84. The maximum Gasteiger partial charge on any atom is 0.266 e. The minimum absolute atomic E-state index is 0.0118. The molecule has 0 spiro atoms. The van der Waals surface area contributed by atoms with Crippen LogP contribution < -0.4 is 4.74 Å². The zero-order valence-corrected chi connectivity index (χ0v) is 16.9. The quantitative estimate of drug-likeness (QED) is 0.623. The molecule has 0 unspecified atom stereocenters. The van der Waals surface area contributed by atoms with E-state index in [4.69, 9.17) is 16.3 Å². The SMILES string of the molecule is CCN=C1S/C(=C\c2ccccc2OCc2ccc(Cl)cc2)C(=O)N1CC. The topological polar surface area (TPSA) is 41.9 Å². The number of hydrogen-bond donors (Lipinski definition) is 0. The first kappa shape index (κ1) is 19.5. The van der Waals surface area contributed by atoms with E-state index in [1.165, 1.54) is 11.8 Å². The number of carbonyl (C=O) groups is 1. The van der Waals surface area contributed by atoms with Gasteiger partial charge in [0.1, 0.15) is 12.4 Å². The maximum atomic E-state index is 12.7. The number of ether oxygens (including phenoxy) is 1. The van der Waals surface area contributed by atoms with Crippen LogP contribution in [0.25, 0.3) is 6.08 Å². The van der Waals surface area contributed by atoms with Crippen LogP contribution in [-0.2, 0) is 11.4 Å². The molecule has 0 aromatic heterocycles. The van der Waals surface area contributed by atoms with Gasteiger partial charge < -0.3 is 4.74 Å². The molecule has 0 radical (unpaired) electrons. The Bertz CT molecular complexity index is 878. The molecule has 0 atom stereocenters. The zero-order valence-electron chi connectivity index (χ0n) is 15.3. The molecule has 2 aromatic carbocycles. The van der Waals surface area contributed by atoms with Gasteiger partial charge in [0.15, 0.2) is 5.17 Å². The Morgan fingerprint density at radius 3 is 2.59 bits per heavy atom. The largest absolute Gasteiger partial charge is 0.488 e. The number of carbonyl (C=O) groups excluding carboxylic acids is 1. The average Bonchev–Trinajstić information content (AvgIpc) is 2.97. The number of halogens is 1. The zero-order chi connectivity index (χ0) is 19.2. The summed E-state index contributed by atoms with van der Waals surface area (Å²) < 4.78 is 5.98. The second kappa shape index (κ2) is 9.11. The Balaban J connectivity index is 1.81. The fraction of sp³-hybridized carbons (Fsp3) is 0.238. The molecule has 1 amide bonds. The molecule has 1 heterocycles. The summed E-state index contributed by atoms with van der Waals surface area (Å²) >= 11 is 7.34. The second-order valence-corrected chi connectivity index (χ2v) is 7.32. The molecule has 0 aliphatic carbocycles. The fourth-order valence-corrected chi connectivity index (χ4v) is 3.88. The summed E-state index contributed by atoms with van der Waals surface area (Å²) in [6.07, 6.45) is 1.88. The summed E-state index contributed by atoms with van der Waals surface area (Å²) in [6.45, 7) is 5.61. The lowest BCUT2D eigenvalue weighted by Crippen LogP contribution is -2.28. The highest BCUT2D eigenvalue weighted by Crippen LogP contribution is 2.34. The van der Waals surface area contributed by atoms with Gasteiger partial charge in [-0.05, 0) is 55.4 Å². The molecule has 4 nitrogen and oxygen atoms in total. The van der Waals surface area contributed by atoms with E-state index >= 15 is 0 Å². The average molecular weight is 401 g/mol. The molecule has 6 heteroatoms. The minimum atomic E-state index is -0.0118. The van der Waals surface area contributed by atoms with Gasteiger partial charge >= 0.3 is 0 Å². The van der Waals surface area contributed by atoms with Gasteiger partial charge in [-0.25, -0.2) is 0 Å². The van der Waals surface area contributed by atoms with E-state index in [1.807, 2.05) is 68.5 Å². The van der Waals surface area contributed by atoms with E-state index in [-0.39, 0.29) is 5.91 Å². The van der Waals surface area contributed by atoms with Crippen LogP contribution >= 0.6 is 23.4 Å². The Morgan fingerprint density at radius 1 is 1.15 bits per heavy atom. The van der Waals surface area contributed by atoms with E-state index in [1.54, 1.807) is 4.90 Å². The maximum absolute atomic E-state index is 12.7. The summed E-state index contributed by atoms with van der Waals surface area (Å²) in [4.78, 5) is 19.4. The molecule has 1 fully saturated rings. The van der Waals surface area contributed by atoms with Crippen LogP contribution in [0.4, 0.5) is 0 Å². The van der Waals surface area contributed by atoms with E-state index in [2.05, 4.69) is 4.99 Å². The van der Waals surface area contributed by atoms with Gasteiger partial charge in [-0.3, -0.25) is 14.7 Å². The highest BCUT2D eigenvalue weighted by Gasteiger charge is 2.31. The first-order chi connectivity index (χ1) is 13.1. The molecule has 0 bridgehead atoms. The molecular weight excluding hydrogens is 380 g/mol. The van der Waals surface area contributed by atoms with E-state index in [9.17, 15) is 4.79 Å². The highest BCUT2D eigenvalue weighted by atomic mass is 35.5. The number of para-hydroxylation sites is 1. The van der Waals surface area contributed by atoms with Crippen molar-refractivity contribution in [3.8, 4) is 5.75 Å². The van der Waals surface area contributed by atoms with Gasteiger partial charge in [0.05, 0.1) is 4.91 Å². The molecular formula is C21H21ClN2O2S. The lowest BCUT2D eigenvalue weighted by atomic mass is 10.1. The number of amidine groups is 1. The number of aliphatic imine (C=N–C) groups is 1. The first-order valence-corrected chi connectivity index (χ1v) is 10.0. The van der Waals surface area contributed by atoms with Gasteiger partial charge in [-0.15, -0.1) is 0 Å². The lowest BCUT2D eigenvalue weighted by Gasteiger charge is -2.11. The third-order valence-electron chi connectivity index (χ3n) is 4.01. The summed E-state index contributed by atoms with van der Waals surface area (Å²) in [5, 5.41) is 1.46. The minimum Gasteiger partial charge on any atom is -0.488 e. The van der Waals surface area contributed by atoms with Crippen LogP contribution in [0.5, 0.6) is 5.75 Å². The van der Waals surface area contributed by atoms with Gasteiger partial charge in [0, 0.05) is 23.7 Å². The lowest BCUT2D eigenvalue weighted by molar-refractivity contribution is -0.122. The van der Waals surface area contributed by atoms with E-state index < -0.39 is 0 Å². The van der Waals surface area contributed by atoms with Gasteiger partial charge in [-0.1, -0.05) is 41.9 Å². The standard InChI is InChI=1S/C21H21ClN2O2S/c1-3-23-21-24(4-2)20(25)19(27-21)13-16-7-5-6-8-18(16)26-14-15-9-11-17(22)12-10-15/h5-13H,3-4,14H2,1-2H3/b19-13-,23-21?. The predicted octanol–water partition coefficient (Wildman–Crippen LogP) is 5.23. The molecule has 1 aliphatic heterocycles. The summed E-state index contributed by atoms with van der Waals surface area (Å²) in [6, 6.07) is 15.3. The van der Waals surface area contributed by atoms with Crippen molar-refractivity contribution in [2.75, 3.05) is 13.1 Å². The van der Waals surface area contributed by atoms with Gasteiger partial charge in [-0.2, -0.15) is 0 Å². The van der Waals surface area contributed by atoms with Crippen molar-refractivity contribution in [2.45, 2.75) is 20.5 Å². The molecule has 0 saturated carbocycles. The van der Waals surface area contributed by atoms with Crippen molar-refractivity contribution >= 4 is 40.5 Å². The molecule has 1 aliphatic rings. The number of likely N-dealkylation sites (N-methyl/N-ethyl adjacent to an activating group) is 1. The Labute approximate surface area is 168 Å². The molecule has 1 saturated heterocycles. The van der Waals surface area contributed by atoms with Crippen LogP contribution in [-0.4, -0.2) is 29.1 Å². The number of benzene rings is 2. The summed E-state index contributed by atoms with van der Waals surface area (Å²) in [7, 11) is 0. The van der Waals surface area contributed by atoms with Crippen molar-refractivity contribution < 1.29 is 9.53 Å². The fourth-order valence-electron chi connectivity index (χ4n) is 2.65. The van der Waals surface area contributed by atoms with E-state index in [0.29, 0.717) is 29.6 Å². The van der Waals surface area contributed by atoms with Crippen molar-refractivity contribution in [1.82, 2.24) is 4.90 Å². The molecule has 3 rings (SSSR count).